The molecule has 2 rings (SSSR count). The Labute approximate surface area is 119 Å². The zero-order chi connectivity index (χ0) is 13.7. The number of thiophene rings is 1. The van der Waals surface area contributed by atoms with Crippen molar-refractivity contribution in [2.45, 2.75) is 13.5 Å². The maximum Gasteiger partial charge on any atom is 0.261 e. The van der Waals surface area contributed by atoms with E-state index >= 15 is 0 Å². The molecule has 0 radical (unpaired) electrons. The molecule has 19 heavy (non-hydrogen) atoms. The van der Waals surface area contributed by atoms with Crippen molar-refractivity contribution in [1.29, 1.82) is 0 Å². The molecule has 98 valence electrons. The van der Waals surface area contributed by atoms with Crippen LogP contribution in [-0.4, -0.2) is 17.4 Å². The normalized spacial score (nSPS) is 9.79. The second-order valence-electron chi connectivity index (χ2n) is 3.72. The number of aryl methyl sites for hydroxylation is 1. The quantitative estimate of drug-likeness (QED) is 0.847. The monoisotopic (exact) mass is 291 g/mol. The van der Waals surface area contributed by atoms with Gasteiger partial charge in [0.1, 0.15) is 5.01 Å². The summed E-state index contributed by atoms with van der Waals surface area (Å²) in [7, 11) is 0. The zero-order valence-electron chi connectivity index (χ0n) is 10.4. The van der Waals surface area contributed by atoms with Crippen LogP contribution in [0.3, 0.4) is 0 Å². The first-order valence-corrected chi connectivity index (χ1v) is 7.30. The zero-order valence-corrected chi connectivity index (χ0v) is 12.0. The molecule has 0 saturated heterocycles. The van der Waals surface area contributed by atoms with Gasteiger partial charge in [-0.1, -0.05) is 11.8 Å². The molecule has 3 N–H and O–H groups in total. The van der Waals surface area contributed by atoms with Crippen LogP contribution in [0, 0.1) is 18.8 Å². The Balaban J connectivity index is 1.94. The number of carbonyl (C=O) groups is 1. The largest absolute Gasteiger partial charge is 0.345 e. The van der Waals surface area contributed by atoms with E-state index in [0.29, 0.717) is 18.0 Å². The molecule has 0 bridgehead atoms. The molecule has 2 aromatic rings. The van der Waals surface area contributed by atoms with Crippen molar-refractivity contribution in [3.05, 3.63) is 38.0 Å². The van der Waals surface area contributed by atoms with E-state index in [-0.39, 0.29) is 5.91 Å². The number of thiazole rings is 1. The van der Waals surface area contributed by atoms with Gasteiger partial charge in [-0.3, -0.25) is 4.79 Å². The number of amides is 1. The van der Waals surface area contributed by atoms with Gasteiger partial charge >= 0.3 is 0 Å². The minimum atomic E-state index is -0.0985. The van der Waals surface area contributed by atoms with E-state index in [1.807, 2.05) is 13.0 Å². The Kier molecular flexibility index (Phi) is 4.68. The van der Waals surface area contributed by atoms with E-state index in [1.165, 1.54) is 11.3 Å². The molecule has 0 unspecified atom stereocenters. The van der Waals surface area contributed by atoms with Gasteiger partial charge in [-0.2, -0.15) is 0 Å². The van der Waals surface area contributed by atoms with E-state index in [1.54, 1.807) is 23.6 Å². The number of nitrogens with one attached hydrogen (secondary N) is 1. The predicted octanol–water partition coefficient (Wildman–Crippen LogP) is 1.75. The molecule has 0 spiro atoms. The van der Waals surface area contributed by atoms with Crippen molar-refractivity contribution in [3.63, 3.8) is 0 Å². The van der Waals surface area contributed by atoms with Crippen molar-refractivity contribution in [3.8, 4) is 11.8 Å². The van der Waals surface area contributed by atoms with Crippen LogP contribution in [0.5, 0.6) is 0 Å². The summed E-state index contributed by atoms with van der Waals surface area (Å²) in [5, 5.41) is 3.75. The number of hydrogen-bond donors (Lipinski definition) is 2. The van der Waals surface area contributed by atoms with Gasteiger partial charge in [-0.15, -0.1) is 22.7 Å². The minimum absolute atomic E-state index is 0.0985. The van der Waals surface area contributed by atoms with Crippen LogP contribution in [0.4, 0.5) is 0 Å². The fourth-order valence-electron chi connectivity index (χ4n) is 1.39. The number of aromatic nitrogens is 1. The molecule has 0 aliphatic carbocycles. The van der Waals surface area contributed by atoms with Gasteiger partial charge in [0.15, 0.2) is 0 Å². The molecule has 0 aromatic carbocycles. The van der Waals surface area contributed by atoms with Crippen molar-refractivity contribution in [1.82, 2.24) is 10.3 Å². The third-order valence-corrected chi connectivity index (χ3v) is 4.12. The molecule has 1 amide bonds. The van der Waals surface area contributed by atoms with E-state index in [9.17, 15) is 4.79 Å². The van der Waals surface area contributed by atoms with E-state index in [0.717, 1.165) is 14.8 Å². The third-order valence-electron chi connectivity index (χ3n) is 2.21. The molecule has 2 aromatic heterocycles. The first-order chi connectivity index (χ1) is 9.19. The maximum atomic E-state index is 11.9. The number of nitrogens with two attached hydrogens (primary N) is 1. The average molecular weight is 291 g/mol. The van der Waals surface area contributed by atoms with Crippen LogP contribution in [0.25, 0.3) is 0 Å². The average Bonchev–Trinajstić information content (AvgIpc) is 3.02. The summed E-state index contributed by atoms with van der Waals surface area (Å²) in [6.07, 6.45) is 1.80. The lowest BCUT2D eigenvalue weighted by Gasteiger charge is -1.99. The summed E-state index contributed by atoms with van der Waals surface area (Å²) in [5.41, 5.74) is 5.30. The highest BCUT2D eigenvalue weighted by Crippen LogP contribution is 2.16. The van der Waals surface area contributed by atoms with Gasteiger partial charge in [-0.05, 0) is 19.1 Å². The van der Waals surface area contributed by atoms with Gasteiger partial charge in [0.25, 0.3) is 5.91 Å². The summed E-state index contributed by atoms with van der Waals surface area (Å²) >= 11 is 2.95. The fourth-order valence-corrected chi connectivity index (χ4v) is 2.92. The highest BCUT2D eigenvalue weighted by molar-refractivity contribution is 7.14. The van der Waals surface area contributed by atoms with Crippen molar-refractivity contribution >= 4 is 28.6 Å². The standard InChI is InChI=1S/C13H13N3OS2/c1-9-7-15-12(18-9)8-16-13(17)11-5-4-10(19-11)3-2-6-14/h4-5,7H,6,8,14H2,1H3,(H,16,17). The predicted molar refractivity (Wildman–Crippen MR) is 78.3 cm³/mol. The second-order valence-corrected chi connectivity index (χ2v) is 6.12. The van der Waals surface area contributed by atoms with Gasteiger partial charge in [0.05, 0.1) is 22.8 Å². The molecule has 4 nitrogen and oxygen atoms in total. The van der Waals surface area contributed by atoms with E-state index in [4.69, 9.17) is 5.73 Å². The van der Waals surface area contributed by atoms with Crippen molar-refractivity contribution in [2.75, 3.05) is 6.54 Å². The van der Waals surface area contributed by atoms with Crippen molar-refractivity contribution in [2.24, 2.45) is 5.73 Å². The van der Waals surface area contributed by atoms with Gasteiger partial charge in [0.2, 0.25) is 0 Å². The molecule has 0 atom stereocenters. The number of hydrogen-bond acceptors (Lipinski definition) is 5. The highest BCUT2D eigenvalue weighted by Gasteiger charge is 2.09. The van der Waals surface area contributed by atoms with Crippen LogP contribution < -0.4 is 11.1 Å². The Morgan fingerprint density at radius 1 is 1.47 bits per heavy atom. The van der Waals surface area contributed by atoms with Crippen LogP contribution >= 0.6 is 22.7 Å². The molecular weight excluding hydrogens is 278 g/mol. The molecule has 0 aliphatic heterocycles. The minimum Gasteiger partial charge on any atom is -0.345 e. The Morgan fingerprint density at radius 3 is 3.00 bits per heavy atom. The van der Waals surface area contributed by atoms with Gasteiger partial charge in [0, 0.05) is 11.1 Å². The smallest absolute Gasteiger partial charge is 0.261 e. The van der Waals surface area contributed by atoms with Crippen LogP contribution in [0.15, 0.2) is 18.3 Å². The van der Waals surface area contributed by atoms with E-state index < -0.39 is 0 Å². The lowest BCUT2D eigenvalue weighted by Crippen LogP contribution is -2.21. The number of nitrogens with zero attached hydrogens (tertiary/aromatic N) is 1. The summed E-state index contributed by atoms with van der Waals surface area (Å²) in [4.78, 5) is 18.7. The first kappa shape index (κ1) is 13.7. The lowest BCUT2D eigenvalue weighted by atomic mass is 10.4. The summed E-state index contributed by atoms with van der Waals surface area (Å²) < 4.78 is 0. The Hall–Kier alpha value is -1.68. The fraction of sp³-hybridized carbons (Fsp3) is 0.231. The molecule has 6 heteroatoms. The SMILES string of the molecule is Cc1cnc(CNC(=O)c2ccc(C#CCN)s2)s1. The third kappa shape index (κ3) is 3.89. The van der Waals surface area contributed by atoms with E-state index in [2.05, 4.69) is 22.1 Å². The molecule has 2 heterocycles. The van der Waals surface area contributed by atoms with Crippen molar-refractivity contribution < 1.29 is 4.79 Å². The number of carbonyl (C=O) groups excluding carboxylic acids is 1. The Bertz CT molecular complexity index is 634. The topological polar surface area (TPSA) is 68.0 Å². The van der Waals surface area contributed by atoms with Crippen LogP contribution in [0.1, 0.15) is 24.4 Å². The summed E-state index contributed by atoms with van der Waals surface area (Å²) in [6.45, 7) is 2.77. The second kappa shape index (κ2) is 6.48. The molecule has 0 fully saturated rings. The van der Waals surface area contributed by atoms with Gasteiger partial charge < -0.3 is 11.1 Å². The highest BCUT2D eigenvalue weighted by atomic mass is 32.1. The molecule has 0 aliphatic rings. The summed E-state index contributed by atoms with van der Waals surface area (Å²) in [5.74, 6) is 5.58. The maximum absolute atomic E-state index is 11.9. The summed E-state index contributed by atoms with van der Waals surface area (Å²) in [6, 6.07) is 3.60. The first-order valence-electron chi connectivity index (χ1n) is 5.67. The lowest BCUT2D eigenvalue weighted by molar-refractivity contribution is 0.0955. The van der Waals surface area contributed by atoms with Gasteiger partial charge in [-0.25, -0.2) is 4.98 Å². The van der Waals surface area contributed by atoms with Crippen LogP contribution in [0.2, 0.25) is 0 Å². The number of rotatable bonds is 3. The Morgan fingerprint density at radius 2 is 2.32 bits per heavy atom. The van der Waals surface area contributed by atoms with Crippen LogP contribution in [-0.2, 0) is 6.54 Å². The molecular formula is C13H13N3OS2. The molecule has 0 saturated carbocycles.